The number of aliphatic hydroxyl groups is 1. The molecule has 0 bridgehead atoms. The number of carbonyl (C=O) groups is 1. The highest BCUT2D eigenvalue weighted by Crippen LogP contribution is 2.31. The number of hydrogen-bond acceptors (Lipinski definition) is 4. The monoisotopic (exact) mass is 229 g/mol. The number of ether oxygens (including phenoxy) is 1. The highest BCUT2D eigenvalue weighted by Gasteiger charge is 2.28. The summed E-state index contributed by atoms with van der Waals surface area (Å²) in [6, 6.07) is -0.681. The number of carbonyl (C=O) groups excluding carboxylic acids is 1. The Kier molecular flexibility index (Phi) is 5.22. The van der Waals surface area contributed by atoms with Gasteiger partial charge in [0.05, 0.1) is 0 Å². The minimum absolute atomic E-state index is 0.0171. The van der Waals surface area contributed by atoms with Crippen molar-refractivity contribution in [1.29, 1.82) is 0 Å². The molecule has 4 nitrogen and oxygen atoms in total. The zero-order chi connectivity index (χ0) is 12.1. The van der Waals surface area contributed by atoms with Gasteiger partial charge in [-0.05, 0) is 37.5 Å². The van der Waals surface area contributed by atoms with Crippen LogP contribution in [-0.2, 0) is 9.53 Å². The fraction of sp³-hybridized carbons (Fsp3) is 0.917. The minimum atomic E-state index is -0.681. The van der Waals surface area contributed by atoms with Crippen molar-refractivity contribution in [1.82, 2.24) is 0 Å². The Hall–Kier alpha value is -0.610. The van der Waals surface area contributed by atoms with E-state index in [-0.39, 0.29) is 25.1 Å². The third kappa shape index (κ3) is 3.76. The lowest BCUT2D eigenvalue weighted by molar-refractivity contribution is -0.153. The summed E-state index contributed by atoms with van der Waals surface area (Å²) in [4.78, 5) is 11.5. The highest BCUT2D eigenvalue weighted by atomic mass is 16.5. The molecule has 1 rings (SSSR count). The van der Waals surface area contributed by atoms with Gasteiger partial charge in [0.1, 0.15) is 12.1 Å². The van der Waals surface area contributed by atoms with Crippen LogP contribution in [0.5, 0.6) is 0 Å². The normalized spacial score (nSPS) is 32.1. The summed E-state index contributed by atoms with van der Waals surface area (Å²) >= 11 is 0. The fourth-order valence-electron chi connectivity index (χ4n) is 2.11. The zero-order valence-corrected chi connectivity index (χ0v) is 10.2. The second-order valence-electron chi connectivity index (χ2n) is 4.95. The summed E-state index contributed by atoms with van der Waals surface area (Å²) in [5, 5.41) is 8.68. The fourth-order valence-corrected chi connectivity index (χ4v) is 2.11. The van der Waals surface area contributed by atoms with E-state index < -0.39 is 6.04 Å². The molecular formula is C12H23NO3. The molecule has 1 fully saturated rings. The van der Waals surface area contributed by atoms with Crippen LogP contribution < -0.4 is 5.73 Å². The molecule has 0 spiro atoms. The topological polar surface area (TPSA) is 72.5 Å². The second-order valence-corrected chi connectivity index (χ2v) is 4.95. The van der Waals surface area contributed by atoms with Gasteiger partial charge in [0.2, 0.25) is 0 Å². The number of hydrogen-bond donors (Lipinski definition) is 2. The Morgan fingerprint density at radius 2 is 2.12 bits per heavy atom. The third-order valence-corrected chi connectivity index (χ3v) is 3.58. The molecule has 0 saturated heterocycles. The van der Waals surface area contributed by atoms with Crippen molar-refractivity contribution >= 4 is 5.97 Å². The molecular weight excluding hydrogens is 206 g/mol. The van der Waals surface area contributed by atoms with E-state index in [0.29, 0.717) is 11.8 Å². The van der Waals surface area contributed by atoms with Crippen molar-refractivity contribution in [3.8, 4) is 0 Å². The van der Waals surface area contributed by atoms with Gasteiger partial charge in [-0.25, -0.2) is 0 Å². The SMILES string of the molecule is CC1CCC(OC(=O)[C@H](N)CCO)CC1C. The summed E-state index contributed by atoms with van der Waals surface area (Å²) in [7, 11) is 0. The zero-order valence-electron chi connectivity index (χ0n) is 10.2. The van der Waals surface area contributed by atoms with Crippen molar-refractivity contribution in [2.24, 2.45) is 17.6 Å². The lowest BCUT2D eigenvalue weighted by Gasteiger charge is -2.32. The first-order chi connectivity index (χ1) is 7.54. The molecule has 94 valence electrons. The maximum atomic E-state index is 11.5. The predicted molar refractivity (Wildman–Crippen MR) is 61.7 cm³/mol. The van der Waals surface area contributed by atoms with Crippen LogP contribution in [0.4, 0.5) is 0 Å². The van der Waals surface area contributed by atoms with Gasteiger partial charge in [0, 0.05) is 6.61 Å². The van der Waals surface area contributed by atoms with E-state index in [1.807, 2.05) is 0 Å². The van der Waals surface area contributed by atoms with E-state index in [2.05, 4.69) is 13.8 Å². The van der Waals surface area contributed by atoms with Crippen LogP contribution in [0.2, 0.25) is 0 Å². The maximum absolute atomic E-state index is 11.5. The number of nitrogens with two attached hydrogens (primary N) is 1. The molecule has 16 heavy (non-hydrogen) atoms. The van der Waals surface area contributed by atoms with Crippen LogP contribution >= 0.6 is 0 Å². The number of rotatable bonds is 4. The molecule has 0 aromatic carbocycles. The molecule has 0 aliphatic heterocycles. The molecule has 0 aromatic heterocycles. The van der Waals surface area contributed by atoms with E-state index in [4.69, 9.17) is 15.6 Å². The summed E-state index contributed by atoms with van der Waals surface area (Å²) in [5.74, 6) is 0.933. The van der Waals surface area contributed by atoms with Crippen LogP contribution in [0.1, 0.15) is 39.5 Å². The molecule has 1 saturated carbocycles. The lowest BCUT2D eigenvalue weighted by Crippen LogP contribution is -2.37. The molecule has 4 atom stereocenters. The van der Waals surface area contributed by atoms with E-state index in [1.165, 1.54) is 0 Å². The van der Waals surface area contributed by atoms with Gasteiger partial charge >= 0.3 is 5.97 Å². The Labute approximate surface area is 97.2 Å². The summed E-state index contributed by atoms with van der Waals surface area (Å²) in [6.45, 7) is 4.35. The van der Waals surface area contributed by atoms with Crippen molar-refractivity contribution in [2.45, 2.75) is 51.7 Å². The first-order valence-corrected chi connectivity index (χ1v) is 6.11. The van der Waals surface area contributed by atoms with Crippen molar-refractivity contribution in [3.63, 3.8) is 0 Å². The molecule has 0 radical (unpaired) electrons. The molecule has 4 heteroatoms. The standard InChI is InChI=1S/C12H23NO3/c1-8-3-4-10(7-9(8)2)16-12(15)11(13)5-6-14/h8-11,14H,3-7,13H2,1-2H3/t8?,9?,10?,11-/m1/s1. The smallest absolute Gasteiger partial charge is 0.323 e. The maximum Gasteiger partial charge on any atom is 0.323 e. The molecule has 3 unspecified atom stereocenters. The van der Waals surface area contributed by atoms with Gasteiger partial charge in [-0.3, -0.25) is 4.79 Å². The van der Waals surface area contributed by atoms with Crippen LogP contribution in [0.15, 0.2) is 0 Å². The van der Waals surface area contributed by atoms with Gasteiger partial charge in [0.25, 0.3) is 0 Å². The predicted octanol–water partition coefficient (Wildman–Crippen LogP) is 1.06. The minimum Gasteiger partial charge on any atom is -0.461 e. The average Bonchev–Trinajstić information content (AvgIpc) is 2.24. The average molecular weight is 229 g/mol. The molecule has 0 heterocycles. The Morgan fingerprint density at radius 1 is 1.44 bits per heavy atom. The van der Waals surface area contributed by atoms with E-state index in [0.717, 1.165) is 19.3 Å². The van der Waals surface area contributed by atoms with Crippen molar-refractivity contribution in [3.05, 3.63) is 0 Å². The largest absolute Gasteiger partial charge is 0.461 e. The number of aliphatic hydroxyl groups excluding tert-OH is 1. The molecule has 3 N–H and O–H groups in total. The first-order valence-electron chi connectivity index (χ1n) is 6.11. The van der Waals surface area contributed by atoms with Crippen LogP contribution in [-0.4, -0.2) is 29.8 Å². The Balaban J connectivity index is 2.34. The van der Waals surface area contributed by atoms with E-state index in [9.17, 15) is 4.79 Å². The summed E-state index contributed by atoms with van der Waals surface area (Å²) in [6.07, 6.45) is 3.26. The number of esters is 1. The van der Waals surface area contributed by atoms with Gasteiger partial charge in [-0.1, -0.05) is 13.8 Å². The van der Waals surface area contributed by atoms with Gasteiger partial charge in [-0.15, -0.1) is 0 Å². The first kappa shape index (κ1) is 13.5. The molecule has 1 aliphatic carbocycles. The molecule has 0 aromatic rings. The summed E-state index contributed by atoms with van der Waals surface area (Å²) in [5.41, 5.74) is 5.57. The second kappa shape index (κ2) is 6.21. The lowest BCUT2D eigenvalue weighted by atomic mass is 9.80. The Bertz CT molecular complexity index is 232. The van der Waals surface area contributed by atoms with Crippen LogP contribution in [0.25, 0.3) is 0 Å². The molecule has 0 amide bonds. The highest BCUT2D eigenvalue weighted by molar-refractivity contribution is 5.75. The van der Waals surface area contributed by atoms with Crippen molar-refractivity contribution < 1.29 is 14.6 Å². The van der Waals surface area contributed by atoms with Crippen LogP contribution in [0, 0.1) is 11.8 Å². The molecule has 1 aliphatic rings. The third-order valence-electron chi connectivity index (χ3n) is 3.58. The van der Waals surface area contributed by atoms with Gasteiger partial charge in [0.15, 0.2) is 0 Å². The van der Waals surface area contributed by atoms with Crippen molar-refractivity contribution in [2.75, 3.05) is 6.61 Å². The van der Waals surface area contributed by atoms with E-state index in [1.54, 1.807) is 0 Å². The van der Waals surface area contributed by atoms with Gasteiger partial charge < -0.3 is 15.6 Å². The Morgan fingerprint density at radius 3 is 2.69 bits per heavy atom. The quantitative estimate of drug-likeness (QED) is 0.707. The van der Waals surface area contributed by atoms with E-state index >= 15 is 0 Å². The van der Waals surface area contributed by atoms with Crippen LogP contribution in [0.3, 0.4) is 0 Å². The van der Waals surface area contributed by atoms with Gasteiger partial charge in [-0.2, -0.15) is 0 Å². The summed E-state index contributed by atoms with van der Waals surface area (Å²) < 4.78 is 5.35.